The summed E-state index contributed by atoms with van der Waals surface area (Å²) < 4.78 is 6.55. The van der Waals surface area contributed by atoms with Crippen molar-refractivity contribution in [3.05, 3.63) is 34.6 Å². The predicted molar refractivity (Wildman–Crippen MR) is 101 cm³/mol. The molecule has 2 fully saturated rings. The highest BCUT2D eigenvalue weighted by Crippen LogP contribution is 2.24. The average Bonchev–Trinajstić information content (AvgIpc) is 3.26. The molecule has 2 saturated heterocycles. The van der Waals surface area contributed by atoms with Gasteiger partial charge in [0.05, 0.1) is 6.54 Å². The van der Waals surface area contributed by atoms with Gasteiger partial charge in [0.1, 0.15) is 0 Å². The summed E-state index contributed by atoms with van der Waals surface area (Å²) in [6.07, 6.45) is 6.65. The van der Waals surface area contributed by atoms with Crippen LogP contribution in [0.1, 0.15) is 38.0 Å². The Balaban J connectivity index is 1.39. The van der Waals surface area contributed by atoms with Gasteiger partial charge in [-0.1, -0.05) is 39.6 Å². The first-order valence-electron chi connectivity index (χ1n) is 9.33. The van der Waals surface area contributed by atoms with Gasteiger partial charge >= 0.3 is 0 Å². The molecule has 0 spiro atoms. The van der Waals surface area contributed by atoms with Crippen LogP contribution in [0.15, 0.2) is 33.3 Å². The highest BCUT2D eigenvalue weighted by Gasteiger charge is 2.28. The molecule has 2 aliphatic heterocycles. The number of rotatable bonds is 5. The van der Waals surface area contributed by atoms with Gasteiger partial charge in [0.15, 0.2) is 0 Å². The van der Waals surface area contributed by atoms with Crippen LogP contribution in [0.25, 0.3) is 11.4 Å². The molecule has 2 aliphatic rings. The first kappa shape index (κ1) is 17.2. The first-order chi connectivity index (χ1) is 12.3. The van der Waals surface area contributed by atoms with Crippen molar-refractivity contribution in [2.45, 2.75) is 44.7 Å². The second-order valence-electron chi connectivity index (χ2n) is 7.15. The fourth-order valence-corrected chi connectivity index (χ4v) is 4.39. The van der Waals surface area contributed by atoms with E-state index in [0.29, 0.717) is 11.9 Å². The molecule has 4 rings (SSSR count). The number of likely N-dealkylation sites (tertiary alicyclic amines) is 2. The van der Waals surface area contributed by atoms with E-state index in [4.69, 9.17) is 4.52 Å². The second kappa shape index (κ2) is 7.98. The number of nitrogens with zero attached hydrogens (tertiary/aromatic N) is 4. The Morgan fingerprint density at radius 2 is 2.00 bits per heavy atom. The predicted octanol–water partition coefficient (Wildman–Crippen LogP) is 3.95. The zero-order valence-corrected chi connectivity index (χ0v) is 16.1. The molecule has 3 heterocycles. The highest BCUT2D eigenvalue weighted by atomic mass is 79.9. The number of halogens is 1. The molecule has 0 radical (unpaired) electrons. The van der Waals surface area contributed by atoms with Gasteiger partial charge in [0.25, 0.3) is 0 Å². The maximum atomic E-state index is 5.53. The summed E-state index contributed by atoms with van der Waals surface area (Å²) in [5, 5.41) is 4.17. The quantitative estimate of drug-likeness (QED) is 0.754. The number of aromatic nitrogens is 2. The molecule has 0 aliphatic carbocycles. The van der Waals surface area contributed by atoms with Gasteiger partial charge in [-0.15, -0.1) is 0 Å². The highest BCUT2D eigenvalue weighted by molar-refractivity contribution is 9.10. The molecule has 6 heteroatoms. The standard InChI is InChI=1S/C19H25BrN4O/c20-16-7-4-6-15(12-16)19-21-18(25-22-19)14-24-11-5-8-17(24)13-23-9-2-1-3-10-23/h4,6-7,12,17H,1-3,5,8-11,13-14H2. The van der Waals surface area contributed by atoms with Gasteiger partial charge in [0.2, 0.25) is 11.7 Å². The number of benzene rings is 1. The topological polar surface area (TPSA) is 45.4 Å². The van der Waals surface area contributed by atoms with Gasteiger partial charge < -0.3 is 9.42 Å². The molecule has 1 aromatic heterocycles. The minimum absolute atomic E-state index is 0.624. The molecule has 0 amide bonds. The number of hydrogen-bond acceptors (Lipinski definition) is 5. The van der Waals surface area contributed by atoms with Gasteiger partial charge in [0, 0.05) is 22.6 Å². The molecule has 25 heavy (non-hydrogen) atoms. The Morgan fingerprint density at radius 1 is 1.12 bits per heavy atom. The fourth-order valence-electron chi connectivity index (χ4n) is 3.99. The smallest absolute Gasteiger partial charge is 0.241 e. The fraction of sp³-hybridized carbons (Fsp3) is 0.579. The molecule has 1 aromatic carbocycles. The Hall–Kier alpha value is -1.24. The number of hydrogen-bond donors (Lipinski definition) is 0. The Labute approximate surface area is 157 Å². The summed E-state index contributed by atoms with van der Waals surface area (Å²) in [5.74, 6) is 1.39. The van der Waals surface area contributed by atoms with Crippen LogP contribution in [0, 0.1) is 0 Å². The largest absolute Gasteiger partial charge is 0.338 e. The minimum Gasteiger partial charge on any atom is -0.338 e. The van der Waals surface area contributed by atoms with E-state index in [1.807, 2.05) is 24.3 Å². The maximum Gasteiger partial charge on any atom is 0.241 e. The zero-order chi connectivity index (χ0) is 17.1. The summed E-state index contributed by atoms with van der Waals surface area (Å²) in [4.78, 5) is 9.77. The van der Waals surface area contributed by atoms with Crippen molar-refractivity contribution in [2.75, 3.05) is 26.2 Å². The normalized spacial score (nSPS) is 22.5. The molecule has 0 saturated carbocycles. The van der Waals surface area contributed by atoms with Crippen LogP contribution in [0.4, 0.5) is 0 Å². The van der Waals surface area contributed by atoms with E-state index in [9.17, 15) is 0 Å². The lowest BCUT2D eigenvalue weighted by Crippen LogP contribution is -2.42. The lowest BCUT2D eigenvalue weighted by Gasteiger charge is -2.32. The summed E-state index contributed by atoms with van der Waals surface area (Å²) in [7, 11) is 0. The van der Waals surface area contributed by atoms with Gasteiger partial charge in [-0.25, -0.2) is 0 Å². The van der Waals surface area contributed by atoms with Crippen molar-refractivity contribution in [3.8, 4) is 11.4 Å². The van der Waals surface area contributed by atoms with Gasteiger partial charge in [-0.2, -0.15) is 4.98 Å². The van der Waals surface area contributed by atoms with Crippen molar-refractivity contribution in [3.63, 3.8) is 0 Å². The molecule has 5 nitrogen and oxygen atoms in total. The van der Waals surface area contributed by atoms with Crippen molar-refractivity contribution >= 4 is 15.9 Å². The molecule has 0 bridgehead atoms. The van der Waals surface area contributed by atoms with Crippen LogP contribution in [0.5, 0.6) is 0 Å². The summed E-state index contributed by atoms with van der Waals surface area (Å²) in [6, 6.07) is 8.64. The van der Waals surface area contributed by atoms with Crippen LogP contribution >= 0.6 is 15.9 Å². The van der Waals surface area contributed by atoms with E-state index >= 15 is 0 Å². The van der Waals surface area contributed by atoms with Crippen LogP contribution in [-0.4, -0.2) is 52.2 Å². The van der Waals surface area contributed by atoms with Crippen molar-refractivity contribution in [1.82, 2.24) is 19.9 Å². The molecule has 1 atom stereocenters. The van der Waals surface area contributed by atoms with Gasteiger partial charge in [-0.05, 0) is 57.5 Å². The van der Waals surface area contributed by atoms with E-state index in [1.165, 1.54) is 51.7 Å². The first-order valence-corrected chi connectivity index (χ1v) is 10.1. The van der Waals surface area contributed by atoms with Crippen LogP contribution in [-0.2, 0) is 6.54 Å². The lowest BCUT2D eigenvalue weighted by atomic mass is 10.1. The minimum atomic E-state index is 0.624. The van der Waals surface area contributed by atoms with Crippen LogP contribution < -0.4 is 0 Å². The SMILES string of the molecule is Brc1cccc(-c2noc(CN3CCCC3CN3CCCCC3)n2)c1. The zero-order valence-electron chi connectivity index (χ0n) is 14.5. The van der Waals surface area contributed by atoms with Crippen LogP contribution in [0.2, 0.25) is 0 Å². The van der Waals surface area contributed by atoms with E-state index in [2.05, 4.69) is 35.9 Å². The van der Waals surface area contributed by atoms with Crippen molar-refractivity contribution in [1.29, 1.82) is 0 Å². The average molecular weight is 405 g/mol. The second-order valence-corrected chi connectivity index (χ2v) is 8.07. The van der Waals surface area contributed by atoms with E-state index in [0.717, 1.165) is 29.0 Å². The molecule has 1 unspecified atom stereocenters. The van der Waals surface area contributed by atoms with E-state index < -0.39 is 0 Å². The number of piperidine rings is 1. The molecule has 0 N–H and O–H groups in total. The van der Waals surface area contributed by atoms with E-state index in [1.54, 1.807) is 0 Å². The summed E-state index contributed by atoms with van der Waals surface area (Å²) in [6.45, 7) is 5.61. The third kappa shape index (κ3) is 4.30. The maximum absolute atomic E-state index is 5.53. The lowest BCUT2D eigenvalue weighted by molar-refractivity contribution is 0.139. The molecular formula is C19H25BrN4O. The van der Waals surface area contributed by atoms with Crippen molar-refractivity contribution < 1.29 is 4.52 Å². The third-order valence-electron chi connectivity index (χ3n) is 5.31. The third-order valence-corrected chi connectivity index (χ3v) is 5.80. The Morgan fingerprint density at radius 3 is 2.84 bits per heavy atom. The molecular weight excluding hydrogens is 380 g/mol. The molecule has 2 aromatic rings. The Kier molecular flexibility index (Phi) is 5.48. The molecule has 134 valence electrons. The van der Waals surface area contributed by atoms with Crippen LogP contribution in [0.3, 0.4) is 0 Å². The monoisotopic (exact) mass is 404 g/mol. The van der Waals surface area contributed by atoms with Gasteiger partial charge in [-0.3, -0.25) is 4.90 Å². The Bertz CT molecular complexity index is 698. The summed E-state index contributed by atoms with van der Waals surface area (Å²) >= 11 is 3.49. The van der Waals surface area contributed by atoms with E-state index in [-0.39, 0.29) is 0 Å². The summed E-state index contributed by atoms with van der Waals surface area (Å²) in [5.41, 5.74) is 0.982. The van der Waals surface area contributed by atoms with Crippen molar-refractivity contribution in [2.24, 2.45) is 0 Å².